The summed E-state index contributed by atoms with van der Waals surface area (Å²) < 4.78 is 0. The highest BCUT2D eigenvalue weighted by molar-refractivity contribution is 6.34. The quantitative estimate of drug-likeness (QED) is 0.762. The average molecular weight is 386 g/mol. The molecule has 1 amide bonds. The van der Waals surface area contributed by atoms with Gasteiger partial charge in [-0.1, -0.05) is 54.9 Å². The first-order valence-electron chi connectivity index (χ1n) is 9.57. The summed E-state index contributed by atoms with van der Waals surface area (Å²) in [7, 11) is 2.15. The van der Waals surface area contributed by atoms with Crippen molar-refractivity contribution < 1.29 is 4.79 Å². The lowest BCUT2D eigenvalue weighted by Gasteiger charge is -2.46. The molecule has 1 unspecified atom stereocenters. The molecule has 2 aromatic rings. The van der Waals surface area contributed by atoms with Gasteiger partial charge in [0.25, 0.3) is 5.91 Å². The van der Waals surface area contributed by atoms with E-state index in [9.17, 15) is 4.79 Å². The largest absolute Gasteiger partial charge is 0.398 e. The molecule has 1 saturated heterocycles. The zero-order valence-electron chi connectivity index (χ0n) is 16.0. The van der Waals surface area contributed by atoms with E-state index in [1.807, 2.05) is 6.07 Å². The van der Waals surface area contributed by atoms with Crippen LogP contribution in [-0.2, 0) is 5.41 Å². The van der Waals surface area contributed by atoms with Crippen molar-refractivity contribution in [1.82, 2.24) is 10.2 Å². The van der Waals surface area contributed by atoms with Gasteiger partial charge in [-0.25, -0.2) is 0 Å². The molecule has 0 saturated carbocycles. The van der Waals surface area contributed by atoms with Crippen LogP contribution in [-0.4, -0.2) is 37.0 Å². The Balaban J connectivity index is 1.94. The van der Waals surface area contributed by atoms with Gasteiger partial charge in [-0.2, -0.15) is 0 Å². The summed E-state index contributed by atoms with van der Waals surface area (Å²) in [4.78, 5) is 15.4. The summed E-state index contributed by atoms with van der Waals surface area (Å²) in [6.45, 7) is 4.15. The lowest BCUT2D eigenvalue weighted by Crippen LogP contribution is -2.55. The number of hydrogen-bond donors (Lipinski definition) is 2. The molecule has 0 aliphatic carbocycles. The molecule has 27 heavy (non-hydrogen) atoms. The van der Waals surface area contributed by atoms with Gasteiger partial charge in [-0.15, -0.1) is 0 Å². The van der Waals surface area contributed by atoms with Gasteiger partial charge >= 0.3 is 0 Å². The van der Waals surface area contributed by atoms with Crippen LogP contribution in [0, 0.1) is 0 Å². The van der Waals surface area contributed by atoms with Crippen LogP contribution in [0.15, 0.2) is 48.5 Å². The zero-order chi connectivity index (χ0) is 19.4. The number of carbonyl (C=O) groups is 1. The maximum Gasteiger partial charge on any atom is 0.255 e. The highest BCUT2D eigenvalue weighted by Gasteiger charge is 2.42. The maximum absolute atomic E-state index is 13.1. The molecule has 3 rings (SSSR count). The smallest absolute Gasteiger partial charge is 0.255 e. The van der Waals surface area contributed by atoms with Crippen LogP contribution in [0.5, 0.6) is 0 Å². The lowest BCUT2D eigenvalue weighted by molar-refractivity contribution is 0.0866. The SMILES string of the molecule is CCC(NC(=O)c1c(N)cccc1Cl)C1(c2ccccc2)CCN(C)CC1. The van der Waals surface area contributed by atoms with Gasteiger partial charge in [0.15, 0.2) is 0 Å². The van der Waals surface area contributed by atoms with Gasteiger partial charge < -0.3 is 16.0 Å². The van der Waals surface area contributed by atoms with E-state index >= 15 is 0 Å². The second-order valence-corrected chi connectivity index (χ2v) is 7.87. The molecular weight excluding hydrogens is 358 g/mol. The minimum Gasteiger partial charge on any atom is -0.398 e. The summed E-state index contributed by atoms with van der Waals surface area (Å²) in [5.74, 6) is -0.195. The number of carbonyl (C=O) groups excluding carboxylic acids is 1. The molecule has 2 aromatic carbocycles. The Bertz CT molecular complexity index is 765. The van der Waals surface area contributed by atoms with Crippen molar-refractivity contribution in [1.29, 1.82) is 0 Å². The van der Waals surface area contributed by atoms with Crippen molar-refractivity contribution in [3.63, 3.8) is 0 Å². The molecule has 5 heteroatoms. The van der Waals surface area contributed by atoms with Crippen molar-refractivity contribution in [2.45, 2.75) is 37.6 Å². The number of rotatable bonds is 5. The number of piperidine rings is 1. The molecule has 4 nitrogen and oxygen atoms in total. The van der Waals surface area contributed by atoms with Crippen molar-refractivity contribution >= 4 is 23.2 Å². The number of nitrogens with zero attached hydrogens (tertiary/aromatic N) is 1. The molecule has 1 aliphatic rings. The van der Waals surface area contributed by atoms with Gasteiger partial charge in [0.1, 0.15) is 0 Å². The molecule has 144 valence electrons. The first kappa shape index (κ1) is 19.7. The fourth-order valence-electron chi connectivity index (χ4n) is 4.27. The number of nitrogens with two attached hydrogens (primary N) is 1. The van der Waals surface area contributed by atoms with Gasteiger partial charge in [0.05, 0.1) is 10.6 Å². The number of likely N-dealkylation sites (tertiary alicyclic amines) is 1. The van der Waals surface area contributed by atoms with Crippen LogP contribution < -0.4 is 11.1 Å². The van der Waals surface area contributed by atoms with E-state index in [2.05, 4.69) is 48.5 Å². The number of nitrogens with one attached hydrogen (secondary N) is 1. The number of nitrogen functional groups attached to an aromatic ring is 1. The average Bonchev–Trinajstić information content (AvgIpc) is 2.68. The van der Waals surface area contributed by atoms with E-state index in [0.717, 1.165) is 32.4 Å². The Morgan fingerprint density at radius 1 is 1.19 bits per heavy atom. The van der Waals surface area contributed by atoms with Crippen LogP contribution in [0.25, 0.3) is 0 Å². The van der Waals surface area contributed by atoms with Crippen molar-refractivity contribution in [3.8, 4) is 0 Å². The lowest BCUT2D eigenvalue weighted by atomic mass is 9.66. The summed E-state index contributed by atoms with van der Waals surface area (Å²) in [6.07, 6.45) is 2.85. The highest BCUT2D eigenvalue weighted by Crippen LogP contribution is 2.40. The van der Waals surface area contributed by atoms with E-state index in [0.29, 0.717) is 16.3 Å². The third-order valence-corrected chi connectivity index (χ3v) is 6.20. The van der Waals surface area contributed by atoms with Gasteiger partial charge in [0, 0.05) is 17.1 Å². The van der Waals surface area contributed by atoms with Crippen molar-refractivity contribution in [2.24, 2.45) is 0 Å². The topological polar surface area (TPSA) is 58.4 Å². The fourth-order valence-corrected chi connectivity index (χ4v) is 4.54. The molecule has 0 radical (unpaired) electrons. The molecule has 0 aromatic heterocycles. The summed E-state index contributed by atoms with van der Waals surface area (Å²) >= 11 is 6.26. The summed E-state index contributed by atoms with van der Waals surface area (Å²) in [5, 5.41) is 3.66. The number of benzene rings is 2. The predicted molar refractivity (Wildman–Crippen MR) is 112 cm³/mol. The summed E-state index contributed by atoms with van der Waals surface area (Å²) in [5.41, 5.74) is 8.01. The van der Waals surface area contributed by atoms with E-state index < -0.39 is 0 Å². The van der Waals surface area contributed by atoms with Crippen LogP contribution in [0.3, 0.4) is 0 Å². The van der Waals surface area contributed by atoms with E-state index in [4.69, 9.17) is 17.3 Å². The standard InChI is InChI=1S/C22H28ClN3O/c1-3-19(25-21(27)20-17(23)10-7-11-18(20)24)22(12-14-26(2)15-13-22)16-8-5-4-6-9-16/h4-11,19H,3,12-15,24H2,1-2H3,(H,25,27). The van der Waals surface area contributed by atoms with Crippen LogP contribution in [0.4, 0.5) is 5.69 Å². The zero-order valence-corrected chi connectivity index (χ0v) is 16.8. The van der Waals surface area contributed by atoms with Crippen LogP contribution in [0.2, 0.25) is 5.02 Å². The Morgan fingerprint density at radius 3 is 2.44 bits per heavy atom. The van der Waals surface area contributed by atoms with Crippen molar-refractivity contribution in [3.05, 3.63) is 64.7 Å². The molecule has 1 heterocycles. The normalized spacial score (nSPS) is 18.0. The molecule has 1 atom stereocenters. The van der Waals surface area contributed by atoms with E-state index in [1.54, 1.807) is 18.2 Å². The Hall–Kier alpha value is -2.04. The van der Waals surface area contributed by atoms with Crippen LogP contribution in [0.1, 0.15) is 42.1 Å². The van der Waals surface area contributed by atoms with Crippen molar-refractivity contribution in [2.75, 3.05) is 25.9 Å². The second kappa shape index (κ2) is 8.32. The third-order valence-electron chi connectivity index (χ3n) is 5.88. The molecule has 0 spiro atoms. The Morgan fingerprint density at radius 2 is 1.85 bits per heavy atom. The summed E-state index contributed by atoms with van der Waals surface area (Å²) in [6, 6.07) is 15.8. The molecule has 0 bridgehead atoms. The maximum atomic E-state index is 13.1. The van der Waals surface area contributed by atoms with E-state index in [1.165, 1.54) is 5.56 Å². The minimum absolute atomic E-state index is 0.0109. The fraction of sp³-hybridized carbons (Fsp3) is 0.409. The number of hydrogen-bond acceptors (Lipinski definition) is 3. The van der Waals surface area contributed by atoms with Gasteiger partial charge in [0.2, 0.25) is 0 Å². The molecule has 1 aliphatic heterocycles. The third kappa shape index (κ3) is 3.97. The highest BCUT2D eigenvalue weighted by atomic mass is 35.5. The second-order valence-electron chi connectivity index (χ2n) is 7.46. The first-order chi connectivity index (χ1) is 13.0. The monoisotopic (exact) mass is 385 g/mol. The minimum atomic E-state index is -0.195. The molecule has 3 N–H and O–H groups in total. The first-order valence-corrected chi connectivity index (χ1v) is 9.94. The van der Waals surface area contributed by atoms with Gasteiger partial charge in [-0.05, 0) is 57.1 Å². The molecule has 1 fully saturated rings. The van der Waals surface area contributed by atoms with Gasteiger partial charge in [-0.3, -0.25) is 4.79 Å². The van der Waals surface area contributed by atoms with E-state index in [-0.39, 0.29) is 17.4 Å². The number of anilines is 1. The van der Waals surface area contributed by atoms with Crippen LogP contribution >= 0.6 is 11.6 Å². The Labute approximate surface area is 166 Å². The predicted octanol–water partition coefficient (Wildman–Crippen LogP) is 4.09. The number of halogens is 1. The molecular formula is C22H28ClN3O. The number of amides is 1. The Kier molecular flexibility index (Phi) is 6.08.